The van der Waals surface area contributed by atoms with Gasteiger partial charge < -0.3 is 0 Å². The first-order valence-electron chi connectivity index (χ1n) is 2.98. The molecule has 1 aromatic carbocycles. The monoisotopic (exact) mass is 327 g/mol. The summed E-state index contributed by atoms with van der Waals surface area (Å²) in [6, 6.07) is 1.13. The maximum absolute atomic E-state index is 12.9. The molecule has 0 unspecified atom stereocenters. The quantitative estimate of drug-likeness (QED) is 0.332. The lowest BCUT2D eigenvalue weighted by atomic mass is 10.3. The predicted molar refractivity (Wildman–Crippen MR) is 54.6 cm³/mol. The van der Waals surface area contributed by atoms with Crippen LogP contribution in [0.2, 0.25) is 5.02 Å². The molecule has 0 saturated carbocycles. The minimum Gasteiger partial charge on any atom is -0.211 e. The van der Waals surface area contributed by atoms with Gasteiger partial charge in [0.1, 0.15) is 11.5 Å². The van der Waals surface area contributed by atoms with Crippen LogP contribution in [0, 0.1) is 5.82 Å². The number of benzene rings is 1. The van der Waals surface area contributed by atoms with Crippen molar-refractivity contribution >= 4 is 55.2 Å². The van der Waals surface area contributed by atoms with E-state index in [-0.39, 0.29) is 15.2 Å². The van der Waals surface area contributed by atoms with Gasteiger partial charge in [-0.25, -0.2) is 9.18 Å². The lowest BCUT2D eigenvalue weighted by Crippen LogP contribution is -1.81. The van der Waals surface area contributed by atoms with Crippen LogP contribution in [0.25, 0.3) is 0 Å². The van der Waals surface area contributed by atoms with Crippen molar-refractivity contribution in [3.8, 4) is 0 Å². The summed E-state index contributed by atoms with van der Waals surface area (Å²) in [5, 5.41) is -0.114. The first-order valence-corrected chi connectivity index (χ1v) is 4.95. The third kappa shape index (κ3) is 2.17. The van der Waals surface area contributed by atoms with Crippen LogP contribution in [-0.2, 0) is 4.79 Å². The van der Waals surface area contributed by atoms with Crippen molar-refractivity contribution in [3.05, 3.63) is 25.9 Å². The molecule has 0 radical (unpaired) electrons. The fourth-order valence-corrected chi connectivity index (χ4v) is 2.09. The van der Waals surface area contributed by atoms with Crippen LogP contribution in [0.5, 0.6) is 0 Å². The van der Waals surface area contributed by atoms with E-state index in [1.54, 1.807) is 0 Å². The fraction of sp³-hybridized carbons (Fsp3) is 0. The van der Waals surface area contributed by atoms with Gasteiger partial charge in [0.15, 0.2) is 0 Å². The Morgan fingerprint density at radius 1 is 1.54 bits per heavy atom. The smallest absolute Gasteiger partial charge is 0.211 e. The average Bonchev–Trinajstić information content (AvgIpc) is 2.09. The fourth-order valence-electron chi connectivity index (χ4n) is 0.705. The first-order chi connectivity index (χ1) is 6.07. The molecule has 1 rings (SSSR count). The van der Waals surface area contributed by atoms with Gasteiger partial charge in [-0.1, -0.05) is 11.6 Å². The molecule has 0 N–H and O–H groups in total. The zero-order valence-electron chi connectivity index (χ0n) is 5.94. The molecule has 1 aromatic rings. The van der Waals surface area contributed by atoms with Gasteiger partial charge in [0.25, 0.3) is 0 Å². The summed E-state index contributed by atoms with van der Waals surface area (Å²) in [6.07, 6.45) is 1.35. The average molecular weight is 329 g/mol. The van der Waals surface area contributed by atoms with Crippen molar-refractivity contribution in [3.63, 3.8) is 0 Å². The Morgan fingerprint density at radius 2 is 2.15 bits per heavy atom. The number of hydrogen-bond acceptors (Lipinski definition) is 2. The molecule has 0 saturated heterocycles. The first kappa shape index (κ1) is 10.9. The van der Waals surface area contributed by atoms with Crippen molar-refractivity contribution in [1.29, 1.82) is 0 Å². The van der Waals surface area contributed by atoms with Crippen LogP contribution < -0.4 is 0 Å². The second-order valence-electron chi connectivity index (χ2n) is 2.02. The Hall–Kier alpha value is -0.220. The third-order valence-corrected chi connectivity index (χ3v) is 3.22. The van der Waals surface area contributed by atoms with Crippen LogP contribution in [0.1, 0.15) is 0 Å². The van der Waals surface area contributed by atoms with E-state index < -0.39 is 5.82 Å². The highest BCUT2D eigenvalue weighted by Crippen LogP contribution is 2.39. The van der Waals surface area contributed by atoms with Gasteiger partial charge in [-0.2, -0.15) is 4.99 Å². The highest BCUT2D eigenvalue weighted by atomic mass is 79.9. The predicted octanol–water partition coefficient (Wildman–Crippen LogP) is 3.97. The Labute approximate surface area is 95.1 Å². The molecular weight excluding hydrogens is 328 g/mol. The normalized spacial score (nSPS) is 9.54. The summed E-state index contributed by atoms with van der Waals surface area (Å²) < 4.78 is 13.5. The molecule has 0 amide bonds. The maximum Gasteiger partial charge on any atom is 0.240 e. The summed E-state index contributed by atoms with van der Waals surface area (Å²) in [6.45, 7) is 0. The van der Waals surface area contributed by atoms with E-state index in [4.69, 9.17) is 11.6 Å². The van der Waals surface area contributed by atoms with Gasteiger partial charge >= 0.3 is 0 Å². The SMILES string of the molecule is O=C=Nc1c(Br)cc(F)c(Cl)c1Br. The molecule has 0 aliphatic rings. The molecule has 0 atom stereocenters. The van der Waals surface area contributed by atoms with E-state index in [0.29, 0.717) is 4.47 Å². The summed E-state index contributed by atoms with van der Waals surface area (Å²) in [7, 11) is 0. The highest BCUT2D eigenvalue weighted by Gasteiger charge is 2.13. The van der Waals surface area contributed by atoms with Crippen molar-refractivity contribution in [1.82, 2.24) is 0 Å². The van der Waals surface area contributed by atoms with E-state index in [1.165, 1.54) is 6.08 Å². The Kier molecular flexibility index (Phi) is 3.62. The number of rotatable bonds is 1. The van der Waals surface area contributed by atoms with Gasteiger partial charge in [-0.15, -0.1) is 0 Å². The number of hydrogen-bond donors (Lipinski definition) is 0. The molecule has 0 aliphatic heterocycles. The molecule has 68 valence electrons. The van der Waals surface area contributed by atoms with Gasteiger partial charge in [0.2, 0.25) is 6.08 Å². The van der Waals surface area contributed by atoms with Crippen molar-refractivity contribution in [2.45, 2.75) is 0 Å². The zero-order chi connectivity index (χ0) is 10.0. The zero-order valence-corrected chi connectivity index (χ0v) is 9.87. The van der Waals surface area contributed by atoms with Gasteiger partial charge in [0.05, 0.1) is 9.50 Å². The van der Waals surface area contributed by atoms with E-state index >= 15 is 0 Å². The van der Waals surface area contributed by atoms with Crippen LogP contribution in [-0.4, -0.2) is 6.08 Å². The number of halogens is 4. The van der Waals surface area contributed by atoms with Gasteiger partial charge in [-0.3, -0.25) is 0 Å². The Balaban J connectivity index is 3.52. The van der Waals surface area contributed by atoms with E-state index in [0.717, 1.165) is 6.07 Å². The minimum atomic E-state index is -0.592. The topological polar surface area (TPSA) is 29.4 Å². The Bertz CT molecular complexity index is 404. The molecule has 0 aliphatic carbocycles. The van der Waals surface area contributed by atoms with E-state index in [9.17, 15) is 9.18 Å². The van der Waals surface area contributed by atoms with E-state index in [1.807, 2.05) is 0 Å². The van der Waals surface area contributed by atoms with Crippen molar-refractivity contribution < 1.29 is 9.18 Å². The number of carbonyl (C=O) groups excluding carboxylic acids is 1. The summed E-state index contributed by atoms with van der Waals surface area (Å²) >= 11 is 11.6. The van der Waals surface area contributed by atoms with Crippen LogP contribution in [0.15, 0.2) is 20.0 Å². The largest absolute Gasteiger partial charge is 0.240 e. The Morgan fingerprint density at radius 3 is 2.69 bits per heavy atom. The van der Waals surface area contributed by atoms with Gasteiger partial charge in [-0.05, 0) is 37.9 Å². The number of isocyanates is 1. The standard InChI is InChI=1S/C7HBr2ClFNO/c8-3-1-4(11)6(10)5(9)7(3)12-2-13/h1H. The third-order valence-electron chi connectivity index (χ3n) is 1.25. The molecule has 0 aromatic heterocycles. The number of nitrogens with zero attached hydrogens (tertiary/aromatic N) is 1. The van der Waals surface area contributed by atoms with E-state index in [2.05, 4.69) is 36.9 Å². The second-order valence-corrected chi connectivity index (χ2v) is 4.05. The van der Waals surface area contributed by atoms with Crippen molar-refractivity contribution in [2.24, 2.45) is 4.99 Å². The molecule has 0 fully saturated rings. The molecule has 6 heteroatoms. The van der Waals surface area contributed by atoms with Crippen LogP contribution in [0.4, 0.5) is 10.1 Å². The minimum absolute atomic E-state index is 0.114. The van der Waals surface area contributed by atoms with Crippen molar-refractivity contribution in [2.75, 3.05) is 0 Å². The lowest BCUT2D eigenvalue weighted by molar-refractivity contribution is 0.565. The summed E-state index contributed by atoms with van der Waals surface area (Å²) in [5.41, 5.74) is 0.224. The molecule has 0 spiro atoms. The highest BCUT2D eigenvalue weighted by molar-refractivity contribution is 9.11. The van der Waals surface area contributed by atoms with Crippen LogP contribution in [0.3, 0.4) is 0 Å². The molecule has 0 bridgehead atoms. The summed E-state index contributed by atoms with van der Waals surface area (Å²) in [4.78, 5) is 13.4. The number of aliphatic imine (C=N–C) groups is 1. The van der Waals surface area contributed by atoms with Gasteiger partial charge in [0, 0.05) is 4.47 Å². The molecular formula is C7HBr2ClFNO. The molecule has 13 heavy (non-hydrogen) atoms. The second kappa shape index (κ2) is 4.33. The molecule has 0 heterocycles. The van der Waals surface area contributed by atoms with Crippen LogP contribution >= 0.6 is 43.5 Å². The maximum atomic E-state index is 12.9. The summed E-state index contributed by atoms with van der Waals surface area (Å²) in [5.74, 6) is -0.592. The lowest BCUT2D eigenvalue weighted by Gasteiger charge is -2.02. The molecule has 2 nitrogen and oxygen atoms in total.